The fraction of sp³-hybridized carbons (Fsp3) is 0.778. The Kier molecular flexibility index (Phi) is 2.79. The monoisotopic (exact) mass is 197 g/mol. The highest BCUT2D eigenvalue weighted by atomic mass is 16.5. The van der Waals surface area contributed by atoms with Gasteiger partial charge >= 0.3 is 0 Å². The number of aliphatic hydroxyl groups is 1. The molecule has 1 fully saturated rings. The van der Waals surface area contributed by atoms with E-state index in [9.17, 15) is 5.11 Å². The molecule has 1 heterocycles. The third kappa shape index (κ3) is 2.10. The summed E-state index contributed by atoms with van der Waals surface area (Å²) in [7, 11) is 1.57. The molecular weight excluding hydrogens is 182 g/mol. The van der Waals surface area contributed by atoms with Gasteiger partial charge in [0, 0.05) is 13.7 Å². The first kappa shape index (κ1) is 9.61. The standard InChI is InChI=1S/C9H15N3O2/c1-14-6-9(13)8-4-10-11-12(8)5-7-2-3-7/h4,7,9,13H,2-3,5-6H2,1H3/t9-/m0/s1. The molecule has 0 unspecified atom stereocenters. The van der Waals surface area contributed by atoms with E-state index in [0.29, 0.717) is 0 Å². The molecule has 2 rings (SSSR count). The van der Waals surface area contributed by atoms with Crippen molar-refractivity contribution in [3.05, 3.63) is 11.9 Å². The molecule has 5 heteroatoms. The molecule has 1 aliphatic carbocycles. The summed E-state index contributed by atoms with van der Waals surface area (Å²) in [4.78, 5) is 0. The summed E-state index contributed by atoms with van der Waals surface area (Å²) >= 11 is 0. The SMILES string of the molecule is COC[C@H](O)c1cnnn1CC1CC1. The van der Waals surface area contributed by atoms with Gasteiger partial charge in [-0.15, -0.1) is 5.10 Å². The maximum atomic E-state index is 9.70. The van der Waals surface area contributed by atoms with Crippen LogP contribution in [0.3, 0.4) is 0 Å². The van der Waals surface area contributed by atoms with Crippen LogP contribution in [0.2, 0.25) is 0 Å². The molecule has 5 nitrogen and oxygen atoms in total. The number of hydrogen-bond acceptors (Lipinski definition) is 4. The summed E-state index contributed by atoms with van der Waals surface area (Å²) in [5.74, 6) is 0.727. The average Bonchev–Trinajstić information content (AvgIpc) is 2.82. The van der Waals surface area contributed by atoms with Crippen molar-refractivity contribution in [3.63, 3.8) is 0 Å². The maximum Gasteiger partial charge on any atom is 0.120 e. The zero-order valence-corrected chi connectivity index (χ0v) is 8.26. The van der Waals surface area contributed by atoms with E-state index in [2.05, 4.69) is 10.3 Å². The first-order chi connectivity index (χ1) is 6.81. The van der Waals surface area contributed by atoms with E-state index >= 15 is 0 Å². The van der Waals surface area contributed by atoms with Crippen LogP contribution in [0.4, 0.5) is 0 Å². The molecule has 78 valence electrons. The van der Waals surface area contributed by atoms with Crippen LogP contribution in [0.1, 0.15) is 24.6 Å². The number of ether oxygens (including phenoxy) is 1. The summed E-state index contributed by atoms with van der Waals surface area (Å²) in [6, 6.07) is 0. The highest BCUT2D eigenvalue weighted by molar-refractivity contribution is 4.99. The predicted octanol–water partition coefficient (Wildman–Crippen LogP) is 0.368. The van der Waals surface area contributed by atoms with Crippen LogP contribution in [0.5, 0.6) is 0 Å². The largest absolute Gasteiger partial charge is 0.384 e. The molecule has 1 aromatic heterocycles. The second-order valence-corrected chi connectivity index (χ2v) is 3.76. The molecule has 0 aliphatic heterocycles. The van der Waals surface area contributed by atoms with Gasteiger partial charge in [-0.1, -0.05) is 5.21 Å². The number of aromatic nitrogens is 3. The second kappa shape index (κ2) is 4.06. The van der Waals surface area contributed by atoms with Gasteiger partial charge in [-0.2, -0.15) is 0 Å². The van der Waals surface area contributed by atoms with Crippen LogP contribution in [-0.2, 0) is 11.3 Å². The molecule has 0 bridgehead atoms. The van der Waals surface area contributed by atoms with Gasteiger partial charge in [-0.05, 0) is 18.8 Å². The number of hydrogen-bond donors (Lipinski definition) is 1. The molecule has 1 saturated carbocycles. The Morgan fingerprint density at radius 3 is 3.14 bits per heavy atom. The number of rotatable bonds is 5. The minimum absolute atomic E-state index is 0.290. The van der Waals surface area contributed by atoms with Gasteiger partial charge < -0.3 is 9.84 Å². The Hall–Kier alpha value is -0.940. The van der Waals surface area contributed by atoms with Crippen LogP contribution >= 0.6 is 0 Å². The van der Waals surface area contributed by atoms with E-state index in [0.717, 1.165) is 18.2 Å². The summed E-state index contributed by atoms with van der Waals surface area (Å²) in [6.45, 7) is 1.16. The zero-order valence-electron chi connectivity index (χ0n) is 8.26. The van der Waals surface area contributed by atoms with Crippen LogP contribution < -0.4 is 0 Å². The third-order valence-electron chi connectivity index (χ3n) is 2.44. The minimum Gasteiger partial charge on any atom is -0.384 e. The van der Waals surface area contributed by atoms with E-state index in [1.165, 1.54) is 12.8 Å². The second-order valence-electron chi connectivity index (χ2n) is 3.76. The Balaban J connectivity index is 2.03. The van der Waals surface area contributed by atoms with Crippen molar-refractivity contribution in [3.8, 4) is 0 Å². The van der Waals surface area contributed by atoms with Crippen LogP contribution in [0.15, 0.2) is 6.20 Å². The van der Waals surface area contributed by atoms with E-state index in [-0.39, 0.29) is 6.61 Å². The Morgan fingerprint density at radius 1 is 1.71 bits per heavy atom. The lowest BCUT2D eigenvalue weighted by Gasteiger charge is -2.10. The van der Waals surface area contributed by atoms with Crippen molar-refractivity contribution in [1.82, 2.24) is 15.0 Å². The first-order valence-corrected chi connectivity index (χ1v) is 4.86. The molecule has 0 spiro atoms. The molecule has 1 aromatic rings. The van der Waals surface area contributed by atoms with E-state index in [4.69, 9.17) is 4.74 Å². The molecule has 0 amide bonds. The molecule has 0 saturated heterocycles. The number of nitrogens with zero attached hydrogens (tertiary/aromatic N) is 3. The predicted molar refractivity (Wildman–Crippen MR) is 49.6 cm³/mol. The number of aliphatic hydroxyl groups excluding tert-OH is 1. The normalized spacial score (nSPS) is 18.4. The minimum atomic E-state index is -0.617. The summed E-state index contributed by atoms with van der Waals surface area (Å²) in [5, 5.41) is 17.5. The fourth-order valence-electron chi connectivity index (χ4n) is 1.45. The topological polar surface area (TPSA) is 60.2 Å². The lowest BCUT2D eigenvalue weighted by Crippen LogP contribution is -2.13. The van der Waals surface area contributed by atoms with Gasteiger partial charge in [0.15, 0.2) is 0 Å². The molecular formula is C9H15N3O2. The van der Waals surface area contributed by atoms with Crippen molar-refractivity contribution in [2.24, 2.45) is 5.92 Å². The molecule has 0 radical (unpaired) electrons. The zero-order chi connectivity index (χ0) is 9.97. The molecule has 0 aromatic carbocycles. The highest BCUT2D eigenvalue weighted by Crippen LogP contribution is 2.31. The van der Waals surface area contributed by atoms with Crippen LogP contribution in [0.25, 0.3) is 0 Å². The van der Waals surface area contributed by atoms with Gasteiger partial charge in [-0.25, -0.2) is 4.68 Å². The molecule has 14 heavy (non-hydrogen) atoms. The third-order valence-corrected chi connectivity index (χ3v) is 2.44. The van der Waals surface area contributed by atoms with Gasteiger partial charge in [0.2, 0.25) is 0 Å². The quantitative estimate of drug-likeness (QED) is 0.740. The first-order valence-electron chi connectivity index (χ1n) is 4.86. The van der Waals surface area contributed by atoms with Crippen LogP contribution in [-0.4, -0.2) is 33.8 Å². The van der Waals surface area contributed by atoms with Crippen molar-refractivity contribution in [2.45, 2.75) is 25.5 Å². The molecule has 1 N–H and O–H groups in total. The Morgan fingerprint density at radius 2 is 2.50 bits per heavy atom. The maximum absolute atomic E-state index is 9.70. The van der Waals surface area contributed by atoms with Crippen LogP contribution in [0, 0.1) is 5.92 Å². The summed E-state index contributed by atoms with van der Waals surface area (Å²) in [6.07, 6.45) is 3.51. The number of methoxy groups -OCH3 is 1. The van der Waals surface area contributed by atoms with Crippen molar-refractivity contribution in [2.75, 3.05) is 13.7 Å². The Bertz CT molecular complexity index is 296. The highest BCUT2D eigenvalue weighted by Gasteiger charge is 2.24. The van der Waals surface area contributed by atoms with E-state index < -0.39 is 6.10 Å². The average molecular weight is 197 g/mol. The smallest absolute Gasteiger partial charge is 0.120 e. The van der Waals surface area contributed by atoms with Crippen molar-refractivity contribution in [1.29, 1.82) is 0 Å². The van der Waals surface area contributed by atoms with E-state index in [1.54, 1.807) is 18.0 Å². The summed E-state index contributed by atoms with van der Waals surface area (Å²) in [5.41, 5.74) is 0.749. The van der Waals surface area contributed by atoms with Gasteiger partial charge in [-0.3, -0.25) is 0 Å². The lowest BCUT2D eigenvalue weighted by molar-refractivity contribution is 0.0583. The van der Waals surface area contributed by atoms with Gasteiger partial charge in [0.05, 0.1) is 18.5 Å². The van der Waals surface area contributed by atoms with Gasteiger partial charge in [0.25, 0.3) is 0 Å². The fourth-order valence-corrected chi connectivity index (χ4v) is 1.45. The molecule has 1 atom stereocenters. The Labute approximate surface area is 82.7 Å². The molecule has 1 aliphatic rings. The van der Waals surface area contributed by atoms with E-state index in [1.807, 2.05) is 0 Å². The lowest BCUT2D eigenvalue weighted by atomic mass is 10.3. The summed E-state index contributed by atoms with van der Waals surface area (Å²) < 4.78 is 6.66. The van der Waals surface area contributed by atoms with Gasteiger partial charge in [0.1, 0.15) is 6.10 Å². The van der Waals surface area contributed by atoms with Crippen molar-refractivity contribution >= 4 is 0 Å². The van der Waals surface area contributed by atoms with Crippen molar-refractivity contribution < 1.29 is 9.84 Å².